The zero-order chi connectivity index (χ0) is 19.4. The number of likely N-dealkylation sites (tertiary alicyclic amines) is 1. The molecule has 1 fully saturated rings. The highest BCUT2D eigenvalue weighted by atomic mass is 16.1. The van der Waals surface area contributed by atoms with E-state index in [4.69, 9.17) is 5.73 Å². The lowest BCUT2D eigenvalue weighted by molar-refractivity contribution is 0.102. The Balaban J connectivity index is 1.70. The quantitative estimate of drug-likeness (QED) is 0.821. The van der Waals surface area contributed by atoms with E-state index in [1.54, 1.807) is 6.20 Å². The number of nitrogens with two attached hydrogens (primary N) is 1. The minimum absolute atomic E-state index is 0.0965. The molecule has 0 spiro atoms. The van der Waals surface area contributed by atoms with Gasteiger partial charge in [-0.2, -0.15) is 5.10 Å². The number of nitrogens with one attached hydrogen (secondary N) is 1. The minimum atomic E-state index is -0.0965. The molecular weight excluding hydrogens is 338 g/mol. The Morgan fingerprint density at radius 1 is 1.41 bits per heavy atom. The van der Waals surface area contributed by atoms with Gasteiger partial charge in [-0.3, -0.25) is 9.69 Å². The molecule has 146 valence electrons. The summed E-state index contributed by atoms with van der Waals surface area (Å²) in [5.41, 5.74) is 8.87. The van der Waals surface area contributed by atoms with Crippen LogP contribution in [0.4, 0.5) is 5.82 Å². The van der Waals surface area contributed by atoms with E-state index in [9.17, 15) is 4.79 Å². The van der Waals surface area contributed by atoms with E-state index in [2.05, 4.69) is 35.2 Å². The summed E-state index contributed by atoms with van der Waals surface area (Å²) in [6.45, 7) is 9.84. The maximum Gasteiger partial charge on any atom is 0.256 e. The first kappa shape index (κ1) is 19.6. The van der Waals surface area contributed by atoms with Crippen LogP contribution in [0.5, 0.6) is 0 Å². The number of aromatic nitrogens is 2. The maximum absolute atomic E-state index is 12.8. The third-order valence-electron chi connectivity index (χ3n) is 4.93. The molecular formula is C21H31N5O. The molecule has 2 aromatic rings. The number of carbonyl (C=O) groups is 1. The van der Waals surface area contributed by atoms with Gasteiger partial charge in [0.05, 0.1) is 6.20 Å². The average molecular weight is 370 g/mol. The highest BCUT2D eigenvalue weighted by Gasteiger charge is 2.18. The summed E-state index contributed by atoms with van der Waals surface area (Å²) in [7, 11) is 0. The minimum Gasteiger partial charge on any atom is -0.327 e. The zero-order valence-electron chi connectivity index (χ0n) is 16.6. The van der Waals surface area contributed by atoms with Crippen LogP contribution >= 0.6 is 0 Å². The van der Waals surface area contributed by atoms with Gasteiger partial charge in [0.25, 0.3) is 5.91 Å². The van der Waals surface area contributed by atoms with Crippen LogP contribution in [0, 0.1) is 12.8 Å². The molecule has 6 heteroatoms. The van der Waals surface area contributed by atoms with E-state index in [0.29, 0.717) is 11.5 Å². The Morgan fingerprint density at radius 3 is 2.96 bits per heavy atom. The molecule has 1 atom stereocenters. The van der Waals surface area contributed by atoms with E-state index >= 15 is 0 Å². The molecule has 1 aliphatic rings. The Kier molecular flexibility index (Phi) is 6.29. The summed E-state index contributed by atoms with van der Waals surface area (Å²) >= 11 is 0. The summed E-state index contributed by atoms with van der Waals surface area (Å²) in [5, 5.41) is 7.43. The van der Waals surface area contributed by atoms with Crippen molar-refractivity contribution in [1.29, 1.82) is 0 Å². The summed E-state index contributed by atoms with van der Waals surface area (Å²) in [6, 6.07) is 8.12. The lowest BCUT2D eigenvalue weighted by atomic mass is 10.0. The van der Waals surface area contributed by atoms with Crippen molar-refractivity contribution in [2.24, 2.45) is 11.7 Å². The van der Waals surface area contributed by atoms with Crippen molar-refractivity contribution < 1.29 is 4.79 Å². The molecule has 1 aromatic heterocycles. The number of rotatable bonds is 6. The van der Waals surface area contributed by atoms with Gasteiger partial charge in [-0.05, 0) is 49.9 Å². The molecule has 1 saturated heterocycles. The number of carbonyl (C=O) groups excluding carboxylic acids is 1. The van der Waals surface area contributed by atoms with Crippen molar-refractivity contribution in [3.8, 4) is 0 Å². The predicted octanol–water partition coefficient (Wildman–Crippen LogP) is 3.02. The Labute approximate surface area is 161 Å². The van der Waals surface area contributed by atoms with Gasteiger partial charge in [0.15, 0.2) is 0 Å². The van der Waals surface area contributed by atoms with Crippen LogP contribution in [0.2, 0.25) is 0 Å². The van der Waals surface area contributed by atoms with Crippen LogP contribution in [0.1, 0.15) is 48.2 Å². The number of anilines is 1. The Hall–Kier alpha value is -2.18. The molecule has 0 bridgehead atoms. The smallest absolute Gasteiger partial charge is 0.256 e. The second kappa shape index (κ2) is 8.67. The lowest BCUT2D eigenvalue weighted by Gasteiger charge is -2.30. The summed E-state index contributed by atoms with van der Waals surface area (Å²) in [4.78, 5) is 15.2. The van der Waals surface area contributed by atoms with Gasteiger partial charge < -0.3 is 11.1 Å². The highest BCUT2D eigenvalue weighted by Crippen LogP contribution is 2.18. The standard InChI is InChI=1S/C21H31N5O/c1-15(2)12-26-20(16(3)11-23-26)24-21(27)18-7-4-6-17(10-18)13-25-9-5-8-19(22)14-25/h4,6-7,10-11,15,19H,5,8-9,12-14,22H2,1-3H3,(H,24,27). The molecule has 0 aliphatic carbocycles. The van der Waals surface area contributed by atoms with Crippen molar-refractivity contribution >= 4 is 11.7 Å². The van der Waals surface area contributed by atoms with Crippen LogP contribution in [0.25, 0.3) is 0 Å². The van der Waals surface area contributed by atoms with Gasteiger partial charge in [0.1, 0.15) is 5.82 Å². The van der Waals surface area contributed by atoms with E-state index < -0.39 is 0 Å². The Morgan fingerprint density at radius 2 is 2.22 bits per heavy atom. The van der Waals surface area contributed by atoms with Crippen molar-refractivity contribution in [2.75, 3.05) is 18.4 Å². The van der Waals surface area contributed by atoms with Gasteiger partial charge in [0.2, 0.25) is 0 Å². The number of hydrogen-bond acceptors (Lipinski definition) is 4. The fraction of sp³-hybridized carbons (Fsp3) is 0.524. The SMILES string of the molecule is Cc1cnn(CC(C)C)c1NC(=O)c1cccc(CN2CCCC(N)C2)c1. The lowest BCUT2D eigenvalue weighted by Crippen LogP contribution is -2.42. The fourth-order valence-corrected chi connectivity index (χ4v) is 3.61. The zero-order valence-corrected chi connectivity index (χ0v) is 16.6. The maximum atomic E-state index is 12.8. The number of aryl methyl sites for hydroxylation is 1. The van der Waals surface area contributed by atoms with Crippen LogP contribution < -0.4 is 11.1 Å². The molecule has 3 rings (SSSR count). The summed E-state index contributed by atoms with van der Waals surface area (Å²) in [5.74, 6) is 1.14. The van der Waals surface area contributed by atoms with E-state index in [-0.39, 0.29) is 11.9 Å². The summed E-state index contributed by atoms with van der Waals surface area (Å²) in [6.07, 6.45) is 4.04. The number of piperidine rings is 1. The van der Waals surface area contributed by atoms with Gasteiger partial charge in [0, 0.05) is 36.8 Å². The predicted molar refractivity (Wildman–Crippen MR) is 109 cm³/mol. The number of benzene rings is 1. The Bertz CT molecular complexity index is 783. The highest BCUT2D eigenvalue weighted by molar-refractivity contribution is 6.04. The second-order valence-corrected chi connectivity index (χ2v) is 8.04. The van der Waals surface area contributed by atoms with Crippen LogP contribution in [0.15, 0.2) is 30.5 Å². The van der Waals surface area contributed by atoms with E-state index in [0.717, 1.165) is 56.0 Å². The molecule has 0 saturated carbocycles. The average Bonchev–Trinajstić information content (AvgIpc) is 2.94. The largest absolute Gasteiger partial charge is 0.327 e. The first-order valence-corrected chi connectivity index (χ1v) is 9.83. The number of amides is 1. The number of hydrogen-bond donors (Lipinski definition) is 2. The number of nitrogens with zero attached hydrogens (tertiary/aromatic N) is 3. The van der Waals surface area contributed by atoms with Crippen LogP contribution in [-0.4, -0.2) is 39.7 Å². The molecule has 1 amide bonds. The molecule has 2 heterocycles. The van der Waals surface area contributed by atoms with Crippen LogP contribution in [0.3, 0.4) is 0 Å². The van der Waals surface area contributed by atoms with Gasteiger partial charge in [-0.15, -0.1) is 0 Å². The van der Waals surface area contributed by atoms with Crippen molar-refractivity contribution in [3.05, 3.63) is 47.2 Å². The van der Waals surface area contributed by atoms with Crippen LogP contribution in [-0.2, 0) is 13.1 Å². The van der Waals surface area contributed by atoms with Gasteiger partial charge in [-0.25, -0.2) is 4.68 Å². The molecule has 0 radical (unpaired) electrons. The molecule has 1 unspecified atom stereocenters. The van der Waals surface area contributed by atoms with E-state index in [1.807, 2.05) is 29.8 Å². The molecule has 27 heavy (non-hydrogen) atoms. The molecule has 1 aliphatic heterocycles. The van der Waals surface area contributed by atoms with Gasteiger partial charge in [-0.1, -0.05) is 26.0 Å². The van der Waals surface area contributed by atoms with Crippen molar-refractivity contribution in [3.63, 3.8) is 0 Å². The van der Waals surface area contributed by atoms with Gasteiger partial charge >= 0.3 is 0 Å². The topological polar surface area (TPSA) is 76.2 Å². The van der Waals surface area contributed by atoms with E-state index in [1.165, 1.54) is 0 Å². The van der Waals surface area contributed by atoms with Crippen molar-refractivity contribution in [2.45, 2.75) is 52.7 Å². The first-order valence-electron chi connectivity index (χ1n) is 9.83. The third kappa shape index (κ3) is 5.17. The third-order valence-corrected chi connectivity index (χ3v) is 4.93. The molecule has 3 N–H and O–H groups in total. The second-order valence-electron chi connectivity index (χ2n) is 8.04. The summed E-state index contributed by atoms with van der Waals surface area (Å²) < 4.78 is 1.87. The first-order chi connectivity index (χ1) is 12.9. The molecule has 6 nitrogen and oxygen atoms in total. The normalized spacial score (nSPS) is 18.0. The fourth-order valence-electron chi connectivity index (χ4n) is 3.61. The van der Waals surface area contributed by atoms with Crippen molar-refractivity contribution in [1.82, 2.24) is 14.7 Å². The molecule has 1 aromatic carbocycles. The monoisotopic (exact) mass is 369 g/mol.